The summed E-state index contributed by atoms with van der Waals surface area (Å²) in [5.41, 5.74) is 2.93. The second kappa shape index (κ2) is 8.37. The van der Waals surface area contributed by atoms with Gasteiger partial charge >= 0.3 is 0 Å². The summed E-state index contributed by atoms with van der Waals surface area (Å²) in [5, 5.41) is 3.70. The molecule has 1 aromatic rings. The highest BCUT2D eigenvalue weighted by Crippen LogP contribution is 2.23. The summed E-state index contributed by atoms with van der Waals surface area (Å²) in [5.74, 6) is 1.45. The molecule has 0 saturated heterocycles. The highest BCUT2D eigenvalue weighted by atomic mass is 14.9. The normalized spacial score (nSPS) is 13.2. The second-order valence-electron chi connectivity index (χ2n) is 6.48. The quantitative estimate of drug-likeness (QED) is 0.696. The van der Waals surface area contributed by atoms with Gasteiger partial charge in [0, 0.05) is 6.04 Å². The summed E-state index contributed by atoms with van der Waals surface area (Å²) >= 11 is 0. The van der Waals surface area contributed by atoms with Gasteiger partial charge in [0.25, 0.3) is 0 Å². The summed E-state index contributed by atoms with van der Waals surface area (Å²) in [6, 6.07) is 9.66. The van der Waals surface area contributed by atoms with Crippen LogP contribution in [0.25, 0.3) is 0 Å². The Kier molecular flexibility index (Phi) is 7.15. The Labute approximate surface area is 119 Å². The van der Waals surface area contributed by atoms with E-state index >= 15 is 0 Å². The Morgan fingerprint density at radius 1 is 1.05 bits per heavy atom. The first kappa shape index (κ1) is 16.2. The van der Waals surface area contributed by atoms with E-state index in [1.54, 1.807) is 0 Å². The van der Waals surface area contributed by atoms with Crippen LogP contribution in [0.5, 0.6) is 0 Å². The summed E-state index contributed by atoms with van der Waals surface area (Å²) in [6.45, 7) is 12.5. The Morgan fingerprint density at radius 3 is 2.37 bits per heavy atom. The van der Waals surface area contributed by atoms with Crippen LogP contribution in [0, 0.1) is 11.8 Å². The Hall–Kier alpha value is -0.820. The molecule has 0 saturated carbocycles. The van der Waals surface area contributed by atoms with Crippen LogP contribution in [0.4, 0.5) is 0 Å². The van der Waals surface area contributed by atoms with Crippen LogP contribution in [0.2, 0.25) is 0 Å². The standard InChI is InChI=1S/C18H31N/c1-6-10-19-18(12-15(4)5)17-9-7-8-16(13-17)11-14(2)3/h7-9,13-15,18-19H,6,10-12H2,1-5H3. The van der Waals surface area contributed by atoms with Crippen molar-refractivity contribution < 1.29 is 0 Å². The van der Waals surface area contributed by atoms with E-state index in [9.17, 15) is 0 Å². The molecule has 0 heterocycles. The molecule has 0 aromatic heterocycles. The van der Waals surface area contributed by atoms with Crippen LogP contribution >= 0.6 is 0 Å². The SMILES string of the molecule is CCCNC(CC(C)C)c1cccc(CC(C)C)c1. The predicted molar refractivity (Wildman–Crippen MR) is 85.5 cm³/mol. The van der Waals surface area contributed by atoms with Gasteiger partial charge in [0.1, 0.15) is 0 Å². The summed E-state index contributed by atoms with van der Waals surface area (Å²) in [6.07, 6.45) is 3.58. The molecule has 1 unspecified atom stereocenters. The van der Waals surface area contributed by atoms with E-state index in [0.29, 0.717) is 6.04 Å². The highest BCUT2D eigenvalue weighted by Gasteiger charge is 2.13. The lowest BCUT2D eigenvalue weighted by Gasteiger charge is -2.22. The van der Waals surface area contributed by atoms with Gasteiger partial charge in [0.2, 0.25) is 0 Å². The largest absolute Gasteiger partial charge is 0.310 e. The molecule has 1 atom stereocenters. The summed E-state index contributed by atoms with van der Waals surface area (Å²) in [4.78, 5) is 0. The zero-order chi connectivity index (χ0) is 14.3. The number of benzene rings is 1. The van der Waals surface area contributed by atoms with Gasteiger partial charge in [-0.05, 0) is 48.8 Å². The molecule has 1 N–H and O–H groups in total. The van der Waals surface area contributed by atoms with Gasteiger partial charge in [0.15, 0.2) is 0 Å². The van der Waals surface area contributed by atoms with Gasteiger partial charge in [-0.2, -0.15) is 0 Å². The van der Waals surface area contributed by atoms with Crippen molar-refractivity contribution in [3.63, 3.8) is 0 Å². The van der Waals surface area contributed by atoms with Crippen LogP contribution in [0.3, 0.4) is 0 Å². The molecule has 0 fully saturated rings. The van der Waals surface area contributed by atoms with E-state index in [2.05, 4.69) is 64.2 Å². The topological polar surface area (TPSA) is 12.0 Å². The summed E-state index contributed by atoms with van der Waals surface area (Å²) in [7, 11) is 0. The fraction of sp³-hybridized carbons (Fsp3) is 0.667. The van der Waals surface area contributed by atoms with E-state index in [-0.39, 0.29) is 0 Å². The Bertz CT molecular complexity index is 354. The maximum absolute atomic E-state index is 3.70. The van der Waals surface area contributed by atoms with Gasteiger partial charge in [0.05, 0.1) is 0 Å². The lowest BCUT2D eigenvalue weighted by atomic mass is 9.93. The molecule has 0 aliphatic carbocycles. The molecule has 1 nitrogen and oxygen atoms in total. The van der Waals surface area contributed by atoms with Gasteiger partial charge in [-0.15, -0.1) is 0 Å². The monoisotopic (exact) mass is 261 g/mol. The van der Waals surface area contributed by atoms with Crippen molar-refractivity contribution in [3.05, 3.63) is 35.4 Å². The molecule has 0 aliphatic rings. The molecule has 0 aliphatic heterocycles. The predicted octanol–water partition coefficient (Wildman–Crippen LogP) is 4.97. The maximum Gasteiger partial charge on any atom is 0.0322 e. The fourth-order valence-corrected chi connectivity index (χ4v) is 2.54. The Morgan fingerprint density at radius 2 is 1.79 bits per heavy atom. The fourth-order valence-electron chi connectivity index (χ4n) is 2.54. The maximum atomic E-state index is 3.70. The average Bonchev–Trinajstić information content (AvgIpc) is 2.33. The van der Waals surface area contributed by atoms with E-state index in [4.69, 9.17) is 0 Å². The first-order chi connectivity index (χ1) is 9.02. The van der Waals surface area contributed by atoms with Crippen LogP contribution < -0.4 is 5.32 Å². The third kappa shape index (κ3) is 6.24. The lowest BCUT2D eigenvalue weighted by molar-refractivity contribution is 0.430. The van der Waals surface area contributed by atoms with Crippen LogP contribution in [-0.4, -0.2) is 6.54 Å². The van der Waals surface area contributed by atoms with E-state index in [1.165, 1.54) is 30.4 Å². The lowest BCUT2D eigenvalue weighted by Crippen LogP contribution is -2.23. The number of rotatable bonds is 8. The van der Waals surface area contributed by atoms with Crippen molar-refractivity contribution >= 4 is 0 Å². The second-order valence-corrected chi connectivity index (χ2v) is 6.48. The van der Waals surface area contributed by atoms with Crippen molar-refractivity contribution in [2.24, 2.45) is 11.8 Å². The van der Waals surface area contributed by atoms with Crippen LogP contribution in [-0.2, 0) is 6.42 Å². The molecule has 19 heavy (non-hydrogen) atoms. The van der Waals surface area contributed by atoms with E-state index in [1.807, 2.05) is 0 Å². The minimum absolute atomic E-state index is 0.507. The highest BCUT2D eigenvalue weighted by molar-refractivity contribution is 5.26. The molecule has 1 heteroatoms. The molecule has 108 valence electrons. The summed E-state index contributed by atoms with van der Waals surface area (Å²) < 4.78 is 0. The van der Waals surface area contributed by atoms with Gasteiger partial charge < -0.3 is 5.32 Å². The molecule has 1 aromatic carbocycles. The zero-order valence-corrected chi connectivity index (χ0v) is 13.4. The number of hydrogen-bond donors (Lipinski definition) is 1. The molecule has 0 spiro atoms. The van der Waals surface area contributed by atoms with Crippen molar-refractivity contribution in [3.8, 4) is 0 Å². The Balaban J connectivity index is 2.81. The minimum Gasteiger partial charge on any atom is -0.310 e. The first-order valence-corrected chi connectivity index (χ1v) is 7.85. The molecular formula is C18H31N. The molecule has 0 bridgehead atoms. The van der Waals surface area contributed by atoms with Crippen molar-refractivity contribution in [1.82, 2.24) is 5.32 Å². The van der Waals surface area contributed by atoms with Crippen LogP contribution in [0.1, 0.15) is 64.6 Å². The van der Waals surface area contributed by atoms with Crippen molar-refractivity contribution in [1.29, 1.82) is 0 Å². The average molecular weight is 261 g/mol. The molecule has 0 radical (unpaired) electrons. The van der Waals surface area contributed by atoms with Crippen LogP contribution in [0.15, 0.2) is 24.3 Å². The smallest absolute Gasteiger partial charge is 0.0322 e. The van der Waals surface area contributed by atoms with Crippen molar-refractivity contribution in [2.45, 2.75) is 59.9 Å². The van der Waals surface area contributed by atoms with E-state index in [0.717, 1.165) is 18.4 Å². The molecule has 1 rings (SSSR count). The van der Waals surface area contributed by atoms with Crippen molar-refractivity contribution in [2.75, 3.05) is 6.54 Å². The zero-order valence-electron chi connectivity index (χ0n) is 13.4. The third-order valence-electron chi connectivity index (χ3n) is 3.35. The van der Waals surface area contributed by atoms with Gasteiger partial charge in [-0.25, -0.2) is 0 Å². The number of nitrogens with one attached hydrogen (secondary N) is 1. The number of hydrogen-bond acceptors (Lipinski definition) is 1. The first-order valence-electron chi connectivity index (χ1n) is 7.85. The van der Waals surface area contributed by atoms with Gasteiger partial charge in [-0.1, -0.05) is 58.9 Å². The minimum atomic E-state index is 0.507. The van der Waals surface area contributed by atoms with Gasteiger partial charge in [-0.3, -0.25) is 0 Å². The molecule has 0 amide bonds. The third-order valence-corrected chi connectivity index (χ3v) is 3.35. The van der Waals surface area contributed by atoms with E-state index < -0.39 is 0 Å². The molecular weight excluding hydrogens is 230 g/mol.